The third-order valence-corrected chi connectivity index (χ3v) is 6.28. The molecule has 180 valence electrons. The average molecular weight is 492 g/mol. The molecule has 1 aliphatic rings. The van der Waals surface area contributed by atoms with Crippen LogP contribution in [0.15, 0.2) is 72.3 Å². The van der Waals surface area contributed by atoms with Crippen LogP contribution in [0.1, 0.15) is 36.1 Å². The molecule has 1 atom stereocenters. The van der Waals surface area contributed by atoms with Crippen molar-refractivity contribution in [2.75, 3.05) is 18.6 Å². The Kier molecular flexibility index (Phi) is 7.12. The number of benzene rings is 3. The van der Waals surface area contributed by atoms with Crippen molar-refractivity contribution >= 4 is 34.7 Å². The maximum Gasteiger partial charge on any atom is 0.300 e. The van der Waals surface area contributed by atoms with Gasteiger partial charge in [-0.2, -0.15) is 0 Å². The molecule has 3 aromatic rings. The zero-order chi connectivity index (χ0) is 25.1. The number of amides is 1. The normalized spacial score (nSPS) is 17.0. The highest BCUT2D eigenvalue weighted by Crippen LogP contribution is 2.43. The van der Waals surface area contributed by atoms with Crippen molar-refractivity contribution in [3.8, 4) is 11.5 Å². The summed E-state index contributed by atoms with van der Waals surface area (Å²) < 4.78 is 11.1. The molecule has 0 spiro atoms. The molecule has 3 aromatic carbocycles. The Morgan fingerprint density at radius 2 is 1.77 bits per heavy atom. The van der Waals surface area contributed by atoms with E-state index in [1.807, 2.05) is 13.8 Å². The van der Waals surface area contributed by atoms with Gasteiger partial charge in [0.25, 0.3) is 11.7 Å². The molecule has 0 radical (unpaired) electrons. The van der Waals surface area contributed by atoms with Gasteiger partial charge in [-0.05, 0) is 60.9 Å². The summed E-state index contributed by atoms with van der Waals surface area (Å²) in [5, 5.41) is 11.8. The standard InChI is InChI=1S/C28H26ClNO5/c1-4-13-35-22-10-6-8-19(15-22)26(31)24-25(18-7-5-9-21(14-18)34-3)30(28(33)27(24)32)20-12-11-17(2)23(29)16-20/h5-12,14-16,25,31H,4,13H2,1-3H3/b26-24+. The molecule has 7 heteroatoms. The Balaban J connectivity index is 1.91. The molecule has 1 unspecified atom stereocenters. The van der Waals surface area contributed by atoms with E-state index >= 15 is 0 Å². The molecule has 1 amide bonds. The number of halogens is 1. The largest absolute Gasteiger partial charge is 0.507 e. The van der Waals surface area contributed by atoms with Crippen molar-refractivity contribution in [1.29, 1.82) is 0 Å². The van der Waals surface area contributed by atoms with Gasteiger partial charge in [0, 0.05) is 16.3 Å². The molecule has 1 saturated heterocycles. The fourth-order valence-electron chi connectivity index (χ4n) is 4.07. The molecule has 6 nitrogen and oxygen atoms in total. The summed E-state index contributed by atoms with van der Waals surface area (Å²) in [6.07, 6.45) is 0.830. The van der Waals surface area contributed by atoms with Crippen molar-refractivity contribution in [2.24, 2.45) is 0 Å². The Morgan fingerprint density at radius 3 is 2.49 bits per heavy atom. The maximum atomic E-state index is 13.3. The Labute approximate surface area is 209 Å². The minimum atomic E-state index is -0.885. The fourth-order valence-corrected chi connectivity index (χ4v) is 4.24. The molecule has 0 aliphatic carbocycles. The van der Waals surface area contributed by atoms with Crippen LogP contribution >= 0.6 is 11.6 Å². The summed E-state index contributed by atoms with van der Waals surface area (Å²) in [5.74, 6) is -0.693. The number of ketones is 1. The van der Waals surface area contributed by atoms with Crippen molar-refractivity contribution in [3.63, 3.8) is 0 Å². The van der Waals surface area contributed by atoms with Gasteiger partial charge in [-0.3, -0.25) is 14.5 Å². The van der Waals surface area contributed by atoms with Gasteiger partial charge in [0.1, 0.15) is 17.3 Å². The summed E-state index contributed by atoms with van der Waals surface area (Å²) in [7, 11) is 1.54. The van der Waals surface area contributed by atoms with Crippen molar-refractivity contribution in [1.82, 2.24) is 0 Å². The molecule has 1 fully saturated rings. The molecule has 1 aliphatic heterocycles. The minimum Gasteiger partial charge on any atom is -0.507 e. The number of carbonyl (C=O) groups is 2. The predicted octanol–water partition coefficient (Wildman–Crippen LogP) is 6.07. The Hall–Kier alpha value is -3.77. The van der Waals surface area contributed by atoms with E-state index in [1.54, 1.807) is 66.7 Å². The van der Waals surface area contributed by atoms with E-state index in [0.717, 1.165) is 12.0 Å². The molecule has 35 heavy (non-hydrogen) atoms. The van der Waals surface area contributed by atoms with Crippen LogP contribution in [0, 0.1) is 6.92 Å². The summed E-state index contributed by atoms with van der Waals surface area (Å²) >= 11 is 6.35. The molecule has 1 heterocycles. The first-order valence-corrected chi connectivity index (χ1v) is 11.7. The van der Waals surface area contributed by atoms with Crippen LogP contribution in [0.2, 0.25) is 5.02 Å². The van der Waals surface area contributed by atoms with Crippen molar-refractivity contribution < 1.29 is 24.2 Å². The number of rotatable bonds is 7. The lowest BCUT2D eigenvalue weighted by Gasteiger charge is -2.26. The highest BCUT2D eigenvalue weighted by molar-refractivity contribution is 6.51. The third-order valence-electron chi connectivity index (χ3n) is 5.87. The zero-order valence-electron chi connectivity index (χ0n) is 19.7. The van der Waals surface area contributed by atoms with Gasteiger partial charge in [0.05, 0.1) is 25.3 Å². The van der Waals surface area contributed by atoms with E-state index in [2.05, 4.69) is 0 Å². The second-order valence-electron chi connectivity index (χ2n) is 8.26. The highest BCUT2D eigenvalue weighted by atomic mass is 35.5. The van der Waals surface area contributed by atoms with Gasteiger partial charge in [0.2, 0.25) is 0 Å². The molecule has 0 bridgehead atoms. The van der Waals surface area contributed by atoms with Gasteiger partial charge in [0.15, 0.2) is 0 Å². The number of Topliss-reactive ketones (excluding diaryl/α,β-unsaturated/α-hetero) is 1. The SMILES string of the molecule is CCCOc1cccc(/C(O)=C2\C(=O)C(=O)N(c3ccc(C)c(Cl)c3)C2c2cccc(OC)c2)c1. The molecular formula is C28H26ClNO5. The summed E-state index contributed by atoms with van der Waals surface area (Å²) in [6, 6.07) is 18.2. The molecule has 1 N–H and O–H groups in total. The third kappa shape index (κ3) is 4.75. The van der Waals surface area contributed by atoms with Crippen LogP contribution < -0.4 is 14.4 Å². The number of methoxy groups -OCH3 is 1. The van der Waals surface area contributed by atoms with E-state index in [1.165, 1.54) is 12.0 Å². The van der Waals surface area contributed by atoms with Crippen LogP contribution in [0.4, 0.5) is 5.69 Å². The van der Waals surface area contributed by atoms with Gasteiger partial charge in [-0.25, -0.2) is 0 Å². The quantitative estimate of drug-likeness (QED) is 0.246. The van der Waals surface area contributed by atoms with Crippen molar-refractivity contribution in [2.45, 2.75) is 26.3 Å². The van der Waals surface area contributed by atoms with E-state index in [9.17, 15) is 14.7 Å². The van der Waals surface area contributed by atoms with Crippen LogP contribution in [-0.4, -0.2) is 30.5 Å². The number of nitrogens with zero attached hydrogens (tertiary/aromatic N) is 1. The second kappa shape index (κ2) is 10.2. The molecule has 0 saturated carbocycles. The Morgan fingerprint density at radius 1 is 1.03 bits per heavy atom. The summed E-state index contributed by atoms with van der Waals surface area (Å²) in [6.45, 7) is 4.37. The first-order chi connectivity index (χ1) is 16.8. The van der Waals surface area contributed by atoms with Crippen LogP contribution in [0.25, 0.3) is 5.76 Å². The molecule has 0 aromatic heterocycles. The number of carbonyl (C=O) groups excluding carboxylic acids is 2. The van der Waals surface area contributed by atoms with Crippen LogP contribution in [-0.2, 0) is 9.59 Å². The van der Waals surface area contributed by atoms with Crippen molar-refractivity contribution in [3.05, 3.63) is 94.0 Å². The second-order valence-corrected chi connectivity index (χ2v) is 8.66. The number of ether oxygens (including phenoxy) is 2. The lowest BCUT2D eigenvalue weighted by atomic mass is 9.95. The van der Waals surface area contributed by atoms with Gasteiger partial charge in [-0.15, -0.1) is 0 Å². The summed E-state index contributed by atoms with van der Waals surface area (Å²) in [5.41, 5.74) is 2.27. The Bertz CT molecular complexity index is 1320. The first-order valence-electron chi connectivity index (χ1n) is 11.3. The smallest absolute Gasteiger partial charge is 0.300 e. The lowest BCUT2D eigenvalue weighted by molar-refractivity contribution is -0.132. The average Bonchev–Trinajstić information content (AvgIpc) is 3.14. The number of hydrogen-bond acceptors (Lipinski definition) is 5. The number of anilines is 1. The lowest BCUT2D eigenvalue weighted by Crippen LogP contribution is -2.29. The van der Waals surface area contributed by atoms with E-state index in [0.29, 0.717) is 39.9 Å². The maximum absolute atomic E-state index is 13.3. The van der Waals surface area contributed by atoms with E-state index in [-0.39, 0.29) is 11.3 Å². The zero-order valence-corrected chi connectivity index (χ0v) is 20.5. The van der Waals surface area contributed by atoms with Gasteiger partial charge >= 0.3 is 0 Å². The number of hydrogen-bond donors (Lipinski definition) is 1. The number of aliphatic hydroxyl groups is 1. The number of aryl methyl sites for hydroxylation is 1. The van der Waals surface area contributed by atoms with Gasteiger partial charge in [-0.1, -0.05) is 48.9 Å². The summed E-state index contributed by atoms with van der Waals surface area (Å²) in [4.78, 5) is 28.0. The van der Waals surface area contributed by atoms with Crippen LogP contribution in [0.5, 0.6) is 11.5 Å². The molecular weight excluding hydrogens is 466 g/mol. The first kappa shape index (κ1) is 24.4. The van der Waals surface area contributed by atoms with E-state index in [4.69, 9.17) is 21.1 Å². The fraction of sp³-hybridized carbons (Fsp3) is 0.214. The van der Waals surface area contributed by atoms with Gasteiger partial charge < -0.3 is 14.6 Å². The monoisotopic (exact) mass is 491 g/mol. The minimum absolute atomic E-state index is 0.0207. The van der Waals surface area contributed by atoms with Crippen LogP contribution in [0.3, 0.4) is 0 Å². The predicted molar refractivity (Wildman–Crippen MR) is 136 cm³/mol. The highest BCUT2D eigenvalue weighted by Gasteiger charge is 2.47. The number of aliphatic hydroxyl groups excluding tert-OH is 1. The van der Waals surface area contributed by atoms with E-state index < -0.39 is 17.7 Å². The topological polar surface area (TPSA) is 76.1 Å². The molecule has 4 rings (SSSR count).